The van der Waals surface area contributed by atoms with Crippen LogP contribution in [0.3, 0.4) is 0 Å². The van der Waals surface area contributed by atoms with Crippen molar-refractivity contribution in [1.29, 1.82) is 0 Å². The molecule has 0 fully saturated rings. The Morgan fingerprint density at radius 2 is 1.94 bits per heavy atom. The fourth-order valence-corrected chi connectivity index (χ4v) is 1.26. The Kier molecular flexibility index (Phi) is 3.29. The summed E-state index contributed by atoms with van der Waals surface area (Å²) in [7, 11) is 0. The van der Waals surface area contributed by atoms with E-state index in [1.54, 1.807) is 12.1 Å². The van der Waals surface area contributed by atoms with Gasteiger partial charge in [0, 0.05) is 11.1 Å². The minimum Gasteiger partial charge on any atom is -0.476 e. The quantitative estimate of drug-likeness (QED) is 0.677. The number of carboxylic acid groups (broad SMARTS) is 1. The molecule has 0 bridgehead atoms. The van der Waals surface area contributed by atoms with Crippen molar-refractivity contribution in [2.75, 3.05) is 0 Å². The van der Waals surface area contributed by atoms with Gasteiger partial charge in [0.2, 0.25) is 5.76 Å². The smallest absolute Gasteiger partial charge is 0.382 e. The van der Waals surface area contributed by atoms with Gasteiger partial charge in [-0.2, -0.15) is 0 Å². The highest BCUT2D eigenvalue weighted by atomic mass is 35.5. The summed E-state index contributed by atoms with van der Waals surface area (Å²) in [4.78, 5) is 22.1. The molecule has 0 saturated carbocycles. The van der Waals surface area contributed by atoms with Gasteiger partial charge in [-0.25, -0.2) is 9.59 Å². The fourth-order valence-electron chi connectivity index (χ4n) is 1.13. The number of rotatable bonds is 3. The highest BCUT2D eigenvalue weighted by molar-refractivity contribution is 6.30. The third kappa shape index (κ3) is 2.67. The van der Waals surface area contributed by atoms with Crippen LogP contribution in [0.25, 0.3) is 0 Å². The second-order valence-electron chi connectivity index (χ2n) is 3.22. The van der Waals surface area contributed by atoms with Gasteiger partial charge in [-0.15, -0.1) is 0 Å². The van der Waals surface area contributed by atoms with E-state index < -0.39 is 11.9 Å². The van der Waals surface area contributed by atoms with Crippen LogP contribution < -0.4 is 4.74 Å². The number of esters is 1. The molecule has 7 heteroatoms. The van der Waals surface area contributed by atoms with Crippen LogP contribution >= 0.6 is 11.6 Å². The van der Waals surface area contributed by atoms with Gasteiger partial charge in [0.25, 0.3) is 0 Å². The van der Waals surface area contributed by atoms with Gasteiger partial charge in [-0.1, -0.05) is 16.8 Å². The Bertz CT molecular complexity index is 590. The molecule has 0 radical (unpaired) electrons. The molecule has 1 heterocycles. The minimum absolute atomic E-state index is 0.262. The molecule has 0 aliphatic carbocycles. The Morgan fingerprint density at radius 1 is 1.28 bits per heavy atom. The van der Waals surface area contributed by atoms with Crippen molar-refractivity contribution in [2.45, 2.75) is 0 Å². The first-order chi connectivity index (χ1) is 8.56. The molecule has 2 rings (SSSR count). The van der Waals surface area contributed by atoms with Crippen molar-refractivity contribution in [3.05, 3.63) is 46.8 Å². The largest absolute Gasteiger partial charge is 0.476 e. The van der Waals surface area contributed by atoms with Crippen molar-refractivity contribution in [2.24, 2.45) is 0 Å². The topological polar surface area (TPSA) is 89.6 Å². The number of aromatic carboxylic acids is 1. The molecular weight excluding hydrogens is 262 g/mol. The van der Waals surface area contributed by atoms with Crippen molar-refractivity contribution in [3.63, 3.8) is 0 Å². The van der Waals surface area contributed by atoms with E-state index in [9.17, 15) is 9.59 Å². The lowest BCUT2D eigenvalue weighted by atomic mass is 10.3. The number of carboxylic acids is 1. The molecule has 0 unspecified atom stereocenters. The van der Waals surface area contributed by atoms with Gasteiger partial charge >= 0.3 is 11.9 Å². The molecule has 92 valence electrons. The number of aromatic nitrogens is 1. The first-order valence-electron chi connectivity index (χ1n) is 4.74. The van der Waals surface area contributed by atoms with Crippen LogP contribution in [-0.2, 0) is 0 Å². The van der Waals surface area contributed by atoms with Crippen LogP contribution in [0.4, 0.5) is 0 Å². The Balaban J connectivity index is 2.11. The maximum absolute atomic E-state index is 11.6. The number of benzene rings is 1. The van der Waals surface area contributed by atoms with E-state index >= 15 is 0 Å². The first kappa shape index (κ1) is 12.1. The summed E-state index contributed by atoms with van der Waals surface area (Å²) >= 11 is 5.67. The second-order valence-corrected chi connectivity index (χ2v) is 3.66. The van der Waals surface area contributed by atoms with Gasteiger partial charge in [-0.05, 0) is 24.3 Å². The number of ether oxygens (including phenoxy) is 1. The summed E-state index contributed by atoms with van der Waals surface area (Å²) in [6.07, 6.45) is 0. The molecule has 1 aromatic heterocycles. The number of nitrogens with zero attached hydrogens (tertiary/aromatic N) is 1. The lowest BCUT2D eigenvalue weighted by Gasteiger charge is -2.00. The highest BCUT2D eigenvalue weighted by Crippen LogP contribution is 2.17. The third-order valence-electron chi connectivity index (χ3n) is 1.95. The van der Waals surface area contributed by atoms with Crippen molar-refractivity contribution < 1.29 is 24.0 Å². The Hall–Kier alpha value is -2.34. The molecule has 0 atom stereocenters. The molecule has 0 spiro atoms. The minimum atomic E-state index is -1.29. The molecule has 0 amide bonds. The summed E-state index contributed by atoms with van der Waals surface area (Å²) < 4.78 is 9.48. The van der Waals surface area contributed by atoms with Crippen LogP contribution in [-0.4, -0.2) is 22.2 Å². The zero-order valence-electron chi connectivity index (χ0n) is 8.79. The number of hydrogen-bond donors (Lipinski definition) is 1. The maximum atomic E-state index is 11.6. The zero-order valence-corrected chi connectivity index (χ0v) is 9.55. The molecule has 0 aliphatic rings. The summed E-state index contributed by atoms with van der Waals surface area (Å²) in [5.41, 5.74) is -0.363. The number of hydrogen-bond acceptors (Lipinski definition) is 5. The molecule has 1 N–H and O–H groups in total. The standard InChI is InChI=1S/C11H6ClNO5/c12-6-1-3-7(4-2-6)17-11(16)9-5-8(10(14)15)13-18-9/h1-5H,(H,14,15). The first-order valence-corrected chi connectivity index (χ1v) is 5.12. The molecule has 0 saturated heterocycles. The van der Waals surface area contributed by atoms with Gasteiger partial charge in [0.15, 0.2) is 5.69 Å². The van der Waals surface area contributed by atoms with Crippen LogP contribution in [0.5, 0.6) is 5.75 Å². The van der Waals surface area contributed by atoms with E-state index in [1.165, 1.54) is 12.1 Å². The van der Waals surface area contributed by atoms with Gasteiger partial charge < -0.3 is 14.4 Å². The zero-order chi connectivity index (χ0) is 13.1. The predicted octanol–water partition coefficient (Wildman–Crippen LogP) is 2.25. The van der Waals surface area contributed by atoms with E-state index in [0.717, 1.165) is 6.07 Å². The van der Waals surface area contributed by atoms with Crippen molar-refractivity contribution in [3.8, 4) is 5.75 Å². The monoisotopic (exact) mass is 267 g/mol. The average Bonchev–Trinajstić information content (AvgIpc) is 2.81. The van der Waals surface area contributed by atoms with Crippen LogP contribution in [0.2, 0.25) is 5.02 Å². The summed E-state index contributed by atoms with van der Waals surface area (Å²) in [6.45, 7) is 0. The van der Waals surface area contributed by atoms with Gasteiger partial charge in [0.05, 0.1) is 0 Å². The second kappa shape index (κ2) is 4.89. The van der Waals surface area contributed by atoms with E-state index in [0.29, 0.717) is 5.02 Å². The summed E-state index contributed by atoms with van der Waals surface area (Å²) in [5, 5.41) is 12.3. The summed E-state index contributed by atoms with van der Waals surface area (Å²) in [6, 6.07) is 7.07. The molecule has 1 aromatic carbocycles. The lowest BCUT2D eigenvalue weighted by Crippen LogP contribution is -2.07. The maximum Gasteiger partial charge on any atom is 0.382 e. The SMILES string of the molecule is O=C(O)c1cc(C(=O)Oc2ccc(Cl)cc2)on1. The molecule has 6 nitrogen and oxygen atoms in total. The van der Waals surface area contributed by atoms with Crippen LogP contribution in [0, 0.1) is 0 Å². The molecule has 0 aliphatic heterocycles. The normalized spacial score (nSPS) is 10.1. The van der Waals surface area contributed by atoms with Crippen molar-refractivity contribution >= 4 is 23.5 Å². The lowest BCUT2D eigenvalue weighted by molar-refractivity contribution is 0.0668. The molecule has 2 aromatic rings. The molecule has 18 heavy (non-hydrogen) atoms. The van der Waals surface area contributed by atoms with Crippen molar-refractivity contribution in [1.82, 2.24) is 5.16 Å². The molecular formula is C11H6ClNO5. The van der Waals surface area contributed by atoms with E-state index in [-0.39, 0.29) is 17.2 Å². The Morgan fingerprint density at radius 3 is 2.50 bits per heavy atom. The van der Waals surface area contributed by atoms with Crippen LogP contribution in [0.1, 0.15) is 21.0 Å². The highest BCUT2D eigenvalue weighted by Gasteiger charge is 2.18. The van der Waals surface area contributed by atoms with Crippen LogP contribution in [0.15, 0.2) is 34.9 Å². The summed E-state index contributed by atoms with van der Waals surface area (Å²) in [5.74, 6) is -2.15. The predicted molar refractivity (Wildman–Crippen MR) is 59.9 cm³/mol. The van der Waals surface area contributed by atoms with Gasteiger partial charge in [0.1, 0.15) is 5.75 Å². The van der Waals surface area contributed by atoms with E-state index in [2.05, 4.69) is 9.68 Å². The van der Waals surface area contributed by atoms with E-state index in [4.69, 9.17) is 21.4 Å². The Labute approximate surface area is 106 Å². The number of carbonyl (C=O) groups is 2. The average molecular weight is 268 g/mol. The third-order valence-corrected chi connectivity index (χ3v) is 2.21. The number of halogens is 1. The van der Waals surface area contributed by atoms with Gasteiger partial charge in [-0.3, -0.25) is 0 Å². The number of carbonyl (C=O) groups excluding carboxylic acids is 1. The fraction of sp³-hybridized carbons (Fsp3) is 0. The van der Waals surface area contributed by atoms with E-state index in [1.807, 2.05) is 0 Å².